The molecule has 0 aliphatic carbocycles. The van der Waals surface area contributed by atoms with Gasteiger partial charge in [-0.25, -0.2) is 4.98 Å². The molecule has 0 saturated carbocycles. The zero-order valence-electron chi connectivity index (χ0n) is 17.8. The van der Waals surface area contributed by atoms with Crippen LogP contribution in [-0.2, 0) is 9.53 Å². The molecule has 6 nitrogen and oxygen atoms in total. The molecule has 0 amide bonds. The predicted octanol–water partition coefficient (Wildman–Crippen LogP) is 4.68. The number of esters is 1. The second kappa shape index (κ2) is 11.8. The molecule has 0 unspecified atom stereocenters. The summed E-state index contributed by atoms with van der Waals surface area (Å²) in [5.41, 5.74) is -0.425. The smallest absolute Gasteiger partial charge is 0.319 e. The van der Waals surface area contributed by atoms with Crippen LogP contribution < -0.4 is 9.47 Å². The van der Waals surface area contributed by atoms with E-state index in [4.69, 9.17) is 14.2 Å². The van der Waals surface area contributed by atoms with E-state index in [1.54, 1.807) is 12.3 Å². The Labute approximate surface area is 164 Å². The fourth-order valence-corrected chi connectivity index (χ4v) is 2.80. The molecular weight excluding hydrogens is 344 g/mol. The van der Waals surface area contributed by atoms with Gasteiger partial charge in [0.1, 0.15) is 0 Å². The van der Waals surface area contributed by atoms with Gasteiger partial charge in [-0.3, -0.25) is 4.79 Å². The van der Waals surface area contributed by atoms with Crippen molar-refractivity contribution in [2.45, 2.75) is 67.2 Å². The van der Waals surface area contributed by atoms with Gasteiger partial charge in [0, 0.05) is 12.3 Å². The van der Waals surface area contributed by atoms with Gasteiger partial charge in [0.25, 0.3) is 0 Å². The highest BCUT2D eigenvalue weighted by atomic mass is 16.5. The quantitative estimate of drug-likeness (QED) is 0.366. The standard InChI is InChI=1S/C21H36N2O4/c1-7-25-20-22-13-12-18(23-20)26-14-10-8-9-11-15-27-19(24)21(6,16(2)3)17(4)5/h12-13,16-17H,7-11,14-15H2,1-6H3. The fraction of sp³-hybridized carbons (Fsp3) is 0.762. The Morgan fingerprint density at radius 1 is 1.04 bits per heavy atom. The van der Waals surface area contributed by atoms with E-state index in [0.717, 1.165) is 25.7 Å². The van der Waals surface area contributed by atoms with E-state index >= 15 is 0 Å². The maximum atomic E-state index is 12.4. The number of aromatic nitrogens is 2. The summed E-state index contributed by atoms with van der Waals surface area (Å²) < 4.78 is 16.4. The predicted molar refractivity (Wildman–Crippen MR) is 106 cm³/mol. The van der Waals surface area contributed by atoms with Gasteiger partial charge in [-0.2, -0.15) is 4.98 Å². The lowest BCUT2D eigenvalue weighted by atomic mass is 9.70. The van der Waals surface area contributed by atoms with Gasteiger partial charge in [-0.05, 0) is 51.4 Å². The highest BCUT2D eigenvalue weighted by Crippen LogP contribution is 2.36. The molecule has 0 aromatic carbocycles. The number of ether oxygens (including phenoxy) is 3. The third-order valence-corrected chi connectivity index (χ3v) is 5.24. The monoisotopic (exact) mass is 380 g/mol. The molecule has 0 fully saturated rings. The Hall–Kier alpha value is -1.85. The summed E-state index contributed by atoms with van der Waals surface area (Å²) in [5, 5.41) is 0. The van der Waals surface area contributed by atoms with E-state index in [1.165, 1.54) is 0 Å². The highest BCUT2D eigenvalue weighted by Gasteiger charge is 2.41. The first-order valence-corrected chi connectivity index (χ1v) is 10.1. The Morgan fingerprint density at radius 2 is 1.67 bits per heavy atom. The average molecular weight is 381 g/mol. The van der Waals surface area contributed by atoms with Crippen molar-refractivity contribution >= 4 is 5.97 Å². The van der Waals surface area contributed by atoms with Gasteiger partial charge in [-0.15, -0.1) is 0 Å². The lowest BCUT2D eigenvalue weighted by Crippen LogP contribution is -2.39. The topological polar surface area (TPSA) is 70.5 Å². The first-order chi connectivity index (χ1) is 12.8. The van der Waals surface area contributed by atoms with Gasteiger partial charge in [0.15, 0.2) is 0 Å². The summed E-state index contributed by atoms with van der Waals surface area (Å²) in [6, 6.07) is 2.06. The number of carbonyl (C=O) groups excluding carboxylic acids is 1. The van der Waals surface area contributed by atoms with Gasteiger partial charge in [0.05, 0.1) is 25.2 Å². The number of carbonyl (C=O) groups is 1. The van der Waals surface area contributed by atoms with Crippen LogP contribution in [0, 0.1) is 17.3 Å². The van der Waals surface area contributed by atoms with E-state index in [-0.39, 0.29) is 17.8 Å². The molecule has 0 spiro atoms. The zero-order chi connectivity index (χ0) is 20.3. The van der Waals surface area contributed by atoms with Crippen LogP contribution in [0.4, 0.5) is 0 Å². The van der Waals surface area contributed by atoms with Gasteiger partial charge in [-0.1, -0.05) is 27.7 Å². The summed E-state index contributed by atoms with van der Waals surface area (Å²) >= 11 is 0. The van der Waals surface area contributed by atoms with Crippen molar-refractivity contribution in [2.75, 3.05) is 19.8 Å². The van der Waals surface area contributed by atoms with Crippen LogP contribution in [0.2, 0.25) is 0 Å². The molecule has 0 saturated heterocycles. The summed E-state index contributed by atoms with van der Waals surface area (Å²) in [5.74, 6) is 0.966. The van der Waals surface area contributed by atoms with E-state index in [9.17, 15) is 4.79 Å². The Balaban J connectivity index is 2.17. The molecule has 0 aliphatic rings. The highest BCUT2D eigenvalue weighted by molar-refractivity contribution is 5.77. The molecule has 0 aliphatic heterocycles. The Morgan fingerprint density at radius 3 is 2.26 bits per heavy atom. The third-order valence-electron chi connectivity index (χ3n) is 5.24. The van der Waals surface area contributed by atoms with Crippen LogP contribution in [0.3, 0.4) is 0 Å². The minimum absolute atomic E-state index is 0.0790. The van der Waals surface area contributed by atoms with Gasteiger partial charge >= 0.3 is 12.0 Å². The average Bonchev–Trinajstić information content (AvgIpc) is 2.63. The van der Waals surface area contributed by atoms with Crippen LogP contribution in [0.1, 0.15) is 67.2 Å². The second-order valence-corrected chi connectivity index (χ2v) is 7.60. The maximum Gasteiger partial charge on any atom is 0.319 e. The summed E-state index contributed by atoms with van der Waals surface area (Å²) in [6.07, 6.45) is 5.46. The molecule has 1 rings (SSSR count). The molecule has 1 aromatic heterocycles. The molecule has 154 valence electrons. The number of hydrogen-bond acceptors (Lipinski definition) is 6. The van der Waals surface area contributed by atoms with E-state index < -0.39 is 5.41 Å². The van der Waals surface area contributed by atoms with Crippen LogP contribution in [0.25, 0.3) is 0 Å². The van der Waals surface area contributed by atoms with Crippen molar-refractivity contribution in [2.24, 2.45) is 17.3 Å². The minimum atomic E-state index is -0.425. The molecule has 1 aromatic rings. The van der Waals surface area contributed by atoms with Crippen molar-refractivity contribution in [1.82, 2.24) is 9.97 Å². The molecule has 0 radical (unpaired) electrons. The normalized spacial score (nSPS) is 11.7. The van der Waals surface area contributed by atoms with Crippen molar-refractivity contribution in [3.63, 3.8) is 0 Å². The van der Waals surface area contributed by atoms with Crippen molar-refractivity contribution in [3.05, 3.63) is 12.3 Å². The molecule has 27 heavy (non-hydrogen) atoms. The summed E-state index contributed by atoms with van der Waals surface area (Å²) in [4.78, 5) is 20.6. The fourth-order valence-electron chi connectivity index (χ4n) is 2.80. The number of hydrogen-bond donors (Lipinski definition) is 0. The van der Waals surface area contributed by atoms with E-state index in [2.05, 4.69) is 37.7 Å². The molecule has 1 heterocycles. The van der Waals surface area contributed by atoms with Crippen LogP contribution in [0.5, 0.6) is 11.9 Å². The first kappa shape index (κ1) is 23.2. The van der Waals surface area contributed by atoms with Crippen LogP contribution in [-0.4, -0.2) is 35.8 Å². The largest absolute Gasteiger partial charge is 0.478 e. The SMILES string of the molecule is CCOc1nccc(OCCCCCCOC(=O)C(C)(C(C)C)C(C)C)n1. The van der Waals surface area contributed by atoms with Crippen molar-refractivity contribution < 1.29 is 19.0 Å². The van der Waals surface area contributed by atoms with Crippen LogP contribution >= 0.6 is 0 Å². The molecule has 0 atom stereocenters. The molecule has 0 N–H and O–H groups in total. The number of rotatable bonds is 13. The second-order valence-electron chi connectivity index (χ2n) is 7.60. The minimum Gasteiger partial charge on any atom is -0.478 e. The van der Waals surface area contributed by atoms with Gasteiger partial charge in [0.2, 0.25) is 5.88 Å². The van der Waals surface area contributed by atoms with Crippen LogP contribution in [0.15, 0.2) is 12.3 Å². The maximum absolute atomic E-state index is 12.4. The van der Waals surface area contributed by atoms with E-state index in [0.29, 0.717) is 31.7 Å². The number of nitrogens with zero attached hydrogens (tertiary/aromatic N) is 2. The lowest BCUT2D eigenvalue weighted by Gasteiger charge is -2.35. The summed E-state index contributed by atoms with van der Waals surface area (Å²) in [6.45, 7) is 13.8. The first-order valence-electron chi connectivity index (χ1n) is 10.1. The van der Waals surface area contributed by atoms with Gasteiger partial charge < -0.3 is 14.2 Å². The van der Waals surface area contributed by atoms with Crippen molar-refractivity contribution in [1.29, 1.82) is 0 Å². The molecule has 6 heteroatoms. The third kappa shape index (κ3) is 7.35. The summed E-state index contributed by atoms with van der Waals surface area (Å²) in [7, 11) is 0. The Kier molecular flexibility index (Phi) is 10.1. The number of unbranched alkanes of at least 4 members (excludes halogenated alkanes) is 3. The van der Waals surface area contributed by atoms with Crippen molar-refractivity contribution in [3.8, 4) is 11.9 Å². The molecular formula is C21H36N2O4. The lowest BCUT2D eigenvalue weighted by molar-refractivity contribution is -0.161. The van der Waals surface area contributed by atoms with E-state index in [1.807, 2.05) is 13.8 Å². The Bertz CT molecular complexity index is 553. The molecule has 0 bridgehead atoms. The zero-order valence-corrected chi connectivity index (χ0v) is 17.8.